The second-order valence-corrected chi connectivity index (χ2v) is 8.82. The van der Waals surface area contributed by atoms with E-state index in [9.17, 15) is 9.59 Å². The molecule has 2 aromatic heterocycles. The van der Waals surface area contributed by atoms with Gasteiger partial charge in [0.2, 0.25) is 11.8 Å². The maximum absolute atomic E-state index is 13.3. The van der Waals surface area contributed by atoms with E-state index in [4.69, 9.17) is 10.7 Å². The molecule has 2 unspecified atom stereocenters. The van der Waals surface area contributed by atoms with Gasteiger partial charge >= 0.3 is 0 Å². The molecule has 2 aliphatic heterocycles. The van der Waals surface area contributed by atoms with Crippen molar-refractivity contribution < 1.29 is 9.59 Å². The van der Waals surface area contributed by atoms with Crippen LogP contribution in [0.4, 0.5) is 5.69 Å². The molecule has 5 rings (SSSR count). The summed E-state index contributed by atoms with van der Waals surface area (Å²) in [4.78, 5) is 38.5. The van der Waals surface area contributed by atoms with Gasteiger partial charge in [0.1, 0.15) is 0 Å². The summed E-state index contributed by atoms with van der Waals surface area (Å²) < 4.78 is 0. The smallest absolute Gasteiger partial charge is 0.228 e. The maximum Gasteiger partial charge on any atom is 0.228 e. The average Bonchev–Trinajstić information content (AvgIpc) is 3.19. The molecular weight excluding hydrogens is 402 g/mol. The number of anilines is 1. The number of likely N-dealkylation sites (tertiary alicyclic amines) is 2. The van der Waals surface area contributed by atoms with Crippen LogP contribution in [0.3, 0.4) is 0 Å². The molecule has 0 bridgehead atoms. The Hall–Kier alpha value is -3.48. The van der Waals surface area contributed by atoms with E-state index in [1.807, 2.05) is 47.4 Å². The van der Waals surface area contributed by atoms with Crippen LogP contribution in [0.15, 0.2) is 54.9 Å². The van der Waals surface area contributed by atoms with E-state index in [1.165, 1.54) is 0 Å². The molecule has 2 fully saturated rings. The number of nitrogens with zero attached hydrogens (tertiary/aromatic N) is 4. The lowest BCUT2D eigenvalue weighted by atomic mass is 9.91. The molecule has 2 N–H and O–H groups in total. The summed E-state index contributed by atoms with van der Waals surface area (Å²) in [6.07, 6.45) is 5.61. The van der Waals surface area contributed by atoms with Gasteiger partial charge in [-0.15, -0.1) is 0 Å². The fourth-order valence-electron chi connectivity index (χ4n) is 4.94. The number of carbonyl (C=O) groups is 2. The molecule has 0 saturated carbocycles. The molecule has 0 spiro atoms. The number of nitrogen functional groups attached to an aromatic ring is 1. The Morgan fingerprint density at radius 2 is 2.03 bits per heavy atom. The third-order valence-corrected chi connectivity index (χ3v) is 6.56. The minimum atomic E-state index is -0.292. The normalized spacial score (nSPS) is 21.3. The van der Waals surface area contributed by atoms with E-state index in [1.54, 1.807) is 17.3 Å². The number of benzene rings is 1. The highest BCUT2D eigenvalue weighted by atomic mass is 16.2. The SMILES string of the molecule is Nc1cc2ccccc2nc1C1CCCN(C(=O)C2CC(=O)N(Cc3cccnc3)C2)C1. The average molecular weight is 430 g/mol. The summed E-state index contributed by atoms with van der Waals surface area (Å²) in [6, 6.07) is 13.7. The Kier molecular flexibility index (Phi) is 5.47. The number of hydrogen-bond acceptors (Lipinski definition) is 5. The molecule has 2 amide bonds. The van der Waals surface area contributed by atoms with Crippen molar-refractivity contribution in [3.05, 3.63) is 66.1 Å². The van der Waals surface area contributed by atoms with Crippen molar-refractivity contribution in [2.75, 3.05) is 25.4 Å². The predicted octanol–water partition coefficient (Wildman–Crippen LogP) is 2.97. The molecule has 0 radical (unpaired) electrons. The van der Waals surface area contributed by atoms with E-state index in [0.29, 0.717) is 25.3 Å². The van der Waals surface area contributed by atoms with Gasteiger partial charge in [-0.1, -0.05) is 24.3 Å². The van der Waals surface area contributed by atoms with Gasteiger partial charge in [0, 0.05) is 56.3 Å². The largest absolute Gasteiger partial charge is 0.397 e. The highest BCUT2D eigenvalue weighted by Crippen LogP contribution is 2.33. The Balaban J connectivity index is 1.28. The zero-order valence-electron chi connectivity index (χ0n) is 18.0. The number of rotatable bonds is 4. The molecule has 2 aliphatic rings. The van der Waals surface area contributed by atoms with E-state index >= 15 is 0 Å². The number of piperidine rings is 1. The van der Waals surface area contributed by atoms with Crippen LogP contribution >= 0.6 is 0 Å². The minimum absolute atomic E-state index is 0.0289. The van der Waals surface area contributed by atoms with Crippen LogP contribution < -0.4 is 5.73 Å². The van der Waals surface area contributed by atoms with Crippen molar-refractivity contribution in [1.29, 1.82) is 0 Å². The van der Waals surface area contributed by atoms with Gasteiger partial charge in [-0.3, -0.25) is 19.6 Å². The first-order chi connectivity index (χ1) is 15.6. The van der Waals surface area contributed by atoms with Crippen molar-refractivity contribution >= 4 is 28.4 Å². The highest BCUT2D eigenvalue weighted by molar-refractivity contribution is 5.89. The quantitative estimate of drug-likeness (QED) is 0.688. The van der Waals surface area contributed by atoms with Crippen molar-refractivity contribution in [2.24, 2.45) is 5.92 Å². The molecule has 4 heterocycles. The van der Waals surface area contributed by atoms with Gasteiger partial charge in [-0.25, -0.2) is 0 Å². The molecule has 7 nitrogen and oxygen atoms in total. The Labute approximate surface area is 187 Å². The van der Waals surface area contributed by atoms with Gasteiger partial charge in [-0.05, 0) is 36.6 Å². The molecule has 0 aliphatic carbocycles. The number of para-hydroxylation sites is 1. The summed E-state index contributed by atoms with van der Waals surface area (Å²) in [6.45, 7) is 2.28. The van der Waals surface area contributed by atoms with E-state index in [-0.39, 0.29) is 30.1 Å². The van der Waals surface area contributed by atoms with Crippen LogP contribution in [-0.2, 0) is 16.1 Å². The van der Waals surface area contributed by atoms with Gasteiger partial charge in [0.25, 0.3) is 0 Å². The summed E-state index contributed by atoms with van der Waals surface area (Å²) in [5.41, 5.74) is 9.81. The molecule has 7 heteroatoms. The molecule has 164 valence electrons. The van der Waals surface area contributed by atoms with Crippen molar-refractivity contribution in [2.45, 2.75) is 31.7 Å². The fourth-order valence-corrected chi connectivity index (χ4v) is 4.94. The number of fused-ring (bicyclic) bond motifs is 1. The molecule has 3 aromatic rings. The Bertz CT molecular complexity index is 1150. The molecule has 32 heavy (non-hydrogen) atoms. The first-order valence-electron chi connectivity index (χ1n) is 11.2. The van der Waals surface area contributed by atoms with E-state index in [0.717, 1.165) is 41.5 Å². The number of amides is 2. The molecule has 2 saturated heterocycles. The number of aromatic nitrogens is 2. The summed E-state index contributed by atoms with van der Waals surface area (Å²) >= 11 is 0. The van der Waals surface area contributed by atoms with Gasteiger partial charge in [0.15, 0.2) is 0 Å². The number of pyridine rings is 2. The van der Waals surface area contributed by atoms with E-state index < -0.39 is 0 Å². The minimum Gasteiger partial charge on any atom is -0.397 e. The standard InChI is InChI=1S/C25H27N5O2/c26-21-11-18-6-1-2-8-22(18)28-24(21)19-7-4-10-29(15-19)25(32)20-12-23(31)30(16-20)14-17-5-3-9-27-13-17/h1-3,5-6,8-9,11,13,19-20H,4,7,10,12,14-16,26H2. The van der Waals surface area contributed by atoms with Crippen LogP contribution in [0.5, 0.6) is 0 Å². The highest BCUT2D eigenvalue weighted by Gasteiger charge is 2.38. The zero-order chi connectivity index (χ0) is 22.1. The maximum atomic E-state index is 13.3. The van der Waals surface area contributed by atoms with Crippen LogP contribution in [0.1, 0.15) is 36.4 Å². The summed E-state index contributed by atoms with van der Waals surface area (Å²) in [5.74, 6) is -0.0851. The second kappa shape index (κ2) is 8.57. The van der Waals surface area contributed by atoms with Gasteiger partial charge in [0.05, 0.1) is 22.8 Å². The number of carbonyl (C=O) groups excluding carboxylic acids is 2. The van der Waals surface area contributed by atoms with Crippen LogP contribution in [0.25, 0.3) is 10.9 Å². The monoisotopic (exact) mass is 429 g/mol. The second-order valence-electron chi connectivity index (χ2n) is 8.82. The van der Waals surface area contributed by atoms with E-state index in [2.05, 4.69) is 4.98 Å². The number of hydrogen-bond donors (Lipinski definition) is 1. The topological polar surface area (TPSA) is 92.4 Å². The number of nitrogens with two attached hydrogens (primary N) is 1. The van der Waals surface area contributed by atoms with Gasteiger partial charge in [-0.2, -0.15) is 0 Å². The summed E-state index contributed by atoms with van der Waals surface area (Å²) in [5, 5.41) is 1.02. The lowest BCUT2D eigenvalue weighted by molar-refractivity contribution is -0.137. The predicted molar refractivity (Wildman–Crippen MR) is 122 cm³/mol. The Morgan fingerprint density at radius 3 is 2.88 bits per heavy atom. The van der Waals surface area contributed by atoms with Crippen molar-refractivity contribution in [1.82, 2.24) is 19.8 Å². The van der Waals surface area contributed by atoms with Crippen LogP contribution in [0, 0.1) is 5.92 Å². The molecule has 2 atom stereocenters. The molecular formula is C25H27N5O2. The molecule has 1 aromatic carbocycles. The van der Waals surface area contributed by atoms with Crippen molar-refractivity contribution in [3.8, 4) is 0 Å². The zero-order valence-corrected chi connectivity index (χ0v) is 18.0. The lowest BCUT2D eigenvalue weighted by Gasteiger charge is -2.34. The van der Waals surface area contributed by atoms with Gasteiger partial charge < -0.3 is 15.5 Å². The first kappa shape index (κ1) is 20.4. The van der Waals surface area contributed by atoms with Crippen LogP contribution in [-0.4, -0.2) is 51.2 Å². The first-order valence-corrected chi connectivity index (χ1v) is 11.2. The third kappa shape index (κ3) is 4.02. The van der Waals surface area contributed by atoms with Crippen molar-refractivity contribution in [3.63, 3.8) is 0 Å². The Morgan fingerprint density at radius 1 is 1.16 bits per heavy atom. The lowest BCUT2D eigenvalue weighted by Crippen LogP contribution is -2.43. The van der Waals surface area contributed by atoms with Crippen LogP contribution in [0.2, 0.25) is 0 Å². The fraction of sp³-hybridized carbons (Fsp3) is 0.360. The third-order valence-electron chi connectivity index (χ3n) is 6.56. The summed E-state index contributed by atoms with van der Waals surface area (Å²) in [7, 11) is 0.